The first-order valence-electron chi connectivity index (χ1n) is 8.84. The number of carbonyl (C=O) groups excluding carboxylic acids is 2. The number of anilines is 1. The molecule has 158 valence electrons. The zero-order valence-corrected chi connectivity index (χ0v) is 17.3. The zero-order valence-electron chi connectivity index (χ0n) is 16.4. The number of nitrogens with two attached hydrogens (primary N) is 1. The SMILES string of the molecule is COc1ccc(S(N)(=O)=O)cc1C(=O)OC(C)C(=O)N(CCC#N)c1ccccc1. The van der Waals surface area contributed by atoms with Crippen molar-refractivity contribution in [1.82, 2.24) is 0 Å². The van der Waals surface area contributed by atoms with Crippen molar-refractivity contribution in [2.75, 3.05) is 18.6 Å². The lowest BCUT2D eigenvalue weighted by Crippen LogP contribution is -2.40. The molecule has 0 bridgehead atoms. The fraction of sp³-hybridized carbons (Fsp3) is 0.250. The molecule has 0 fully saturated rings. The number of nitrogens with zero attached hydrogens (tertiary/aromatic N) is 2. The molecule has 0 saturated heterocycles. The number of methoxy groups -OCH3 is 1. The second-order valence-electron chi connectivity index (χ2n) is 6.19. The summed E-state index contributed by atoms with van der Waals surface area (Å²) in [4.78, 5) is 26.6. The number of benzene rings is 2. The molecule has 9 nitrogen and oxygen atoms in total. The maximum absolute atomic E-state index is 12.9. The van der Waals surface area contributed by atoms with Crippen LogP contribution in [0.1, 0.15) is 23.7 Å². The van der Waals surface area contributed by atoms with E-state index in [4.69, 9.17) is 19.9 Å². The Morgan fingerprint density at radius 1 is 1.20 bits per heavy atom. The molecule has 0 heterocycles. The number of nitriles is 1. The molecule has 0 aromatic heterocycles. The number of esters is 1. The summed E-state index contributed by atoms with van der Waals surface area (Å²) in [6.45, 7) is 1.50. The van der Waals surface area contributed by atoms with E-state index >= 15 is 0 Å². The van der Waals surface area contributed by atoms with E-state index in [1.54, 1.807) is 30.3 Å². The predicted molar refractivity (Wildman–Crippen MR) is 108 cm³/mol. The predicted octanol–water partition coefficient (Wildman–Crippen LogP) is 1.83. The molecule has 0 radical (unpaired) electrons. The Hall–Kier alpha value is -3.42. The van der Waals surface area contributed by atoms with Crippen LogP contribution in [-0.2, 0) is 19.6 Å². The van der Waals surface area contributed by atoms with Gasteiger partial charge in [0.15, 0.2) is 6.10 Å². The third-order valence-electron chi connectivity index (χ3n) is 4.13. The Kier molecular flexibility index (Phi) is 7.52. The fourth-order valence-electron chi connectivity index (χ4n) is 2.65. The molecular formula is C20H21N3O6S. The summed E-state index contributed by atoms with van der Waals surface area (Å²) in [5.41, 5.74) is 0.362. The van der Waals surface area contributed by atoms with E-state index in [2.05, 4.69) is 0 Å². The van der Waals surface area contributed by atoms with E-state index in [0.717, 1.165) is 6.07 Å². The van der Waals surface area contributed by atoms with E-state index in [1.807, 2.05) is 6.07 Å². The van der Waals surface area contributed by atoms with Crippen molar-refractivity contribution in [2.45, 2.75) is 24.3 Å². The number of hydrogen-bond donors (Lipinski definition) is 1. The molecule has 1 unspecified atom stereocenters. The molecule has 2 aromatic rings. The molecule has 0 aliphatic rings. The molecular weight excluding hydrogens is 410 g/mol. The van der Waals surface area contributed by atoms with Gasteiger partial charge in [0.2, 0.25) is 10.0 Å². The smallest absolute Gasteiger partial charge is 0.342 e. The van der Waals surface area contributed by atoms with E-state index in [0.29, 0.717) is 5.69 Å². The average Bonchev–Trinajstić information content (AvgIpc) is 2.73. The third kappa shape index (κ3) is 5.56. The van der Waals surface area contributed by atoms with Crippen molar-refractivity contribution in [3.8, 4) is 11.8 Å². The van der Waals surface area contributed by atoms with Crippen LogP contribution in [0.2, 0.25) is 0 Å². The summed E-state index contributed by atoms with van der Waals surface area (Å²) in [5, 5.41) is 14.0. The second kappa shape index (κ2) is 9.87. The monoisotopic (exact) mass is 431 g/mol. The van der Waals surface area contributed by atoms with E-state index in [9.17, 15) is 18.0 Å². The first-order chi connectivity index (χ1) is 14.2. The molecule has 1 atom stereocenters. The number of rotatable bonds is 8. The first-order valence-corrected chi connectivity index (χ1v) is 10.4. The van der Waals surface area contributed by atoms with Gasteiger partial charge in [0, 0.05) is 12.2 Å². The van der Waals surface area contributed by atoms with Gasteiger partial charge in [-0.1, -0.05) is 18.2 Å². The van der Waals surface area contributed by atoms with Crippen molar-refractivity contribution >= 4 is 27.6 Å². The van der Waals surface area contributed by atoms with E-state index in [1.165, 1.54) is 31.1 Å². The Morgan fingerprint density at radius 2 is 1.87 bits per heavy atom. The van der Waals surface area contributed by atoms with Crippen LogP contribution >= 0.6 is 0 Å². The molecule has 2 N–H and O–H groups in total. The number of para-hydroxylation sites is 1. The summed E-state index contributed by atoms with van der Waals surface area (Å²) >= 11 is 0. The lowest BCUT2D eigenvalue weighted by molar-refractivity contribution is -0.126. The molecule has 0 spiro atoms. The fourth-order valence-corrected chi connectivity index (χ4v) is 3.19. The van der Waals surface area contributed by atoms with Gasteiger partial charge in [-0.15, -0.1) is 0 Å². The van der Waals surface area contributed by atoms with Gasteiger partial charge in [-0.05, 0) is 37.3 Å². The molecule has 30 heavy (non-hydrogen) atoms. The van der Waals surface area contributed by atoms with Crippen molar-refractivity contribution < 1.29 is 27.5 Å². The van der Waals surface area contributed by atoms with Gasteiger partial charge >= 0.3 is 5.97 Å². The van der Waals surface area contributed by atoms with Crippen molar-refractivity contribution in [1.29, 1.82) is 5.26 Å². The van der Waals surface area contributed by atoms with Gasteiger partial charge < -0.3 is 14.4 Å². The highest BCUT2D eigenvalue weighted by atomic mass is 32.2. The maximum atomic E-state index is 12.9. The Labute approximate surface area is 174 Å². The maximum Gasteiger partial charge on any atom is 0.342 e. The topological polar surface area (TPSA) is 140 Å². The number of amides is 1. The van der Waals surface area contributed by atoms with Gasteiger partial charge in [-0.25, -0.2) is 18.4 Å². The van der Waals surface area contributed by atoms with Crippen molar-refractivity contribution in [3.63, 3.8) is 0 Å². The first kappa shape index (κ1) is 22.9. The Bertz CT molecular complexity index is 1060. The Balaban J connectivity index is 2.27. The largest absolute Gasteiger partial charge is 0.496 e. The molecule has 0 aliphatic heterocycles. The molecule has 0 saturated carbocycles. The average molecular weight is 431 g/mol. The summed E-state index contributed by atoms with van der Waals surface area (Å²) in [6, 6.07) is 14.1. The van der Waals surface area contributed by atoms with Crippen LogP contribution < -0.4 is 14.8 Å². The van der Waals surface area contributed by atoms with Gasteiger partial charge in [0.1, 0.15) is 11.3 Å². The highest BCUT2D eigenvalue weighted by molar-refractivity contribution is 7.89. The molecule has 1 amide bonds. The summed E-state index contributed by atoms with van der Waals surface area (Å²) < 4.78 is 33.5. The number of hydrogen-bond acceptors (Lipinski definition) is 7. The second-order valence-corrected chi connectivity index (χ2v) is 7.75. The minimum Gasteiger partial charge on any atom is -0.496 e. The molecule has 0 aliphatic carbocycles. The van der Waals surface area contributed by atoms with Gasteiger partial charge in [-0.2, -0.15) is 5.26 Å². The number of sulfonamides is 1. The summed E-state index contributed by atoms with van der Waals surface area (Å²) in [7, 11) is -2.76. The van der Waals surface area contributed by atoms with Crippen LogP contribution in [-0.4, -0.2) is 40.1 Å². The van der Waals surface area contributed by atoms with Crippen LogP contribution in [0.15, 0.2) is 53.4 Å². The summed E-state index contributed by atoms with van der Waals surface area (Å²) in [6.07, 6.45) is -1.12. The highest BCUT2D eigenvalue weighted by Gasteiger charge is 2.27. The Morgan fingerprint density at radius 3 is 2.43 bits per heavy atom. The van der Waals surface area contributed by atoms with Gasteiger partial charge in [0.05, 0.1) is 24.5 Å². The minimum atomic E-state index is -4.06. The summed E-state index contributed by atoms with van der Waals surface area (Å²) in [5.74, 6) is -1.42. The van der Waals surface area contributed by atoms with E-state index in [-0.39, 0.29) is 29.2 Å². The van der Waals surface area contributed by atoms with E-state index < -0.39 is 28.0 Å². The minimum absolute atomic E-state index is 0.0662. The van der Waals surface area contributed by atoms with Gasteiger partial charge in [0.25, 0.3) is 5.91 Å². The number of ether oxygens (including phenoxy) is 2. The quantitative estimate of drug-likeness (QED) is 0.629. The van der Waals surface area contributed by atoms with Crippen LogP contribution in [0.25, 0.3) is 0 Å². The normalized spacial score (nSPS) is 11.8. The molecule has 2 aromatic carbocycles. The van der Waals surface area contributed by atoms with Crippen molar-refractivity contribution in [3.05, 3.63) is 54.1 Å². The zero-order chi connectivity index (χ0) is 22.3. The van der Waals surface area contributed by atoms with Gasteiger partial charge in [-0.3, -0.25) is 4.79 Å². The van der Waals surface area contributed by atoms with Crippen molar-refractivity contribution in [2.24, 2.45) is 5.14 Å². The lowest BCUT2D eigenvalue weighted by atomic mass is 10.2. The molecule has 10 heteroatoms. The molecule has 2 rings (SSSR count). The highest BCUT2D eigenvalue weighted by Crippen LogP contribution is 2.24. The van der Waals surface area contributed by atoms with Crippen LogP contribution in [0.5, 0.6) is 5.75 Å². The lowest BCUT2D eigenvalue weighted by Gasteiger charge is -2.25. The standard InChI is InChI=1S/C20H21N3O6S/c1-14(19(24)23(12-6-11-21)15-7-4-3-5-8-15)29-20(25)17-13-16(30(22,26)27)9-10-18(17)28-2/h3-5,7-10,13-14H,6,12H2,1-2H3,(H2,22,26,27). The third-order valence-corrected chi connectivity index (χ3v) is 5.04. The van der Waals surface area contributed by atoms with Crippen LogP contribution in [0, 0.1) is 11.3 Å². The van der Waals surface area contributed by atoms with Crippen LogP contribution in [0.3, 0.4) is 0 Å². The number of primary sulfonamides is 1. The van der Waals surface area contributed by atoms with Crippen LogP contribution in [0.4, 0.5) is 5.69 Å². The number of carbonyl (C=O) groups is 2.